The Hall–Kier alpha value is -2.31. The van der Waals surface area contributed by atoms with E-state index in [-0.39, 0.29) is 17.6 Å². The molecule has 0 saturated heterocycles. The topological polar surface area (TPSA) is 76.0 Å². The minimum atomic E-state index is -1.74. The molecule has 0 aromatic heterocycles. The van der Waals surface area contributed by atoms with Crippen LogP contribution in [0.3, 0.4) is 0 Å². The summed E-state index contributed by atoms with van der Waals surface area (Å²) in [5.74, 6) is -0.243. The zero-order valence-corrected chi connectivity index (χ0v) is 11.5. The van der Waals surface area contributed by atoms with Crippen molar-refractivity contribution in [3.05, 3.63) is 59.7 Å². The van der Waals surface area contributed by atoms with Gasteiger partial charge in [-0.3, -0.25) is 0 Å². The van der Waals surface area contributed by atoms with Crippen LogP contribution in [0.15, 0.2) is 48.5 Å². The Morgan fingerprint density at radius 2 is 1.86 bits per heavy atom. The molecule has 0 fully saturated rings. The lowest BCUT2D eigenvalue weighted by Crippen LogP contribution is -2.32. The summed E-state index contributed by atoms with van der Waals surface area (Å²) in [6.07, 6.45) is 0. The summed E-state index contributed by atoms with van der Waals surface area (Å²) in [5.41, 5.74) is 1.30. The summed E-state index contributed by atoms with van der Waals surface area (Å²) in [6.45, 7) is 0.290. The third kappa shape index (κ3) is 3.84. The Morgan fingerprint density at radius 3 is 2.48 bits per heavy atom. The van der Waals surface area contributed by atoms with Crippen molar-refractivity contribution in [1.29, 1.82) is 0 Å². The molecular formula is C15H15BO5. The van der Waals surface area contributed by atoms with Crippen molar-refractivity contribution in [3.8, 4) is 5.75 Å². The monoisotopic (exact) mass is 286 g/mol. The van der Waals surface area contributed by atoms with Gasteiger partial charge in [0.15, 0.2) is 0 Å². The van der Waals surface area contributed by atoms with Crippen molar-refractivity contribution in [1.82, 2.24) is 0 Å². The van der Waals surface area contributed by atoms with Gasteiger partial charge >= 0.3 is 13.1 Å². The van der Waals surface area contributed by atoms with E-state index in [1.165, 1.54) is 25.3 Å². The summed E-state index contributed by atoms with van der Waals surface area (Å²) in [5, 5.41) is 18.8. The van der Waals surface area contributed by atoms with E-state index in [4.69, 9.17) is 4.74 Å². The van der Waals surface area contributed by atoms with Crippen LogP contribution in [-0.4, -0.2) is 30.2 Å². The lowest BCUT2D eigenvalue weighted by atomic mass is 9.78. The molecule has 108 valence electrons. The Kier molecular flexibility index (Phi) is 4.97. The summed E-state index contributed by atoms with van der Waals surface area (Å²) in [6, 6.07) is 13.9. The summed E-state index contributed by atoms with van der Waals surface area (Å²) in [4.78, 5) is 11.5. The fraction of sp³-hybridized carbons (Fsp3) is 0.133. The van der Waals surface area contributed by atoms with Crippen LogP contribution in [0.1, 0.15) is 15.9 Å². The quantitative estimate of drug-likeness (QED) is 0.626. The van der Waals surface area contributed by atoms with Gasteiger partial charge in [0.05, 0.1) is 12.7 Å². The van der Waals surface area contributed by atoms with Gasteiger partial charge in [-0.1, -0.05) is 30.3 Å². The highest BCUT2D eigenvalue weighted by atomic mass is 16.5. The van der Waals surface area contributed by atoms with Gasteiger partial charge in [0.1, 0.15) is 12.4 Å². The molecule has 0 aliphatic heterocycles. The third-order valence-electron chi connectivity index (χ3n) is 2.95. The average molecular weight is 286 g/mol. The maximum absolute atomic E-state index is 11.5. The Labute approximate surface area is 122 Å². The number of hydrogen-bond donors (Lipinski definition) is 2. The normalized spacial score (nSPS) is 10.0. The number of carbonyl (C=O) groups is 1. The molecule has 0 bridgehead atoms. The minimum absolute atomic E-state index is 0.119. The van der Waals surface area contributed by atoms with Crippen molar-refractivity contribution in [2.24, 2.45) is 0 Å². The predicted octanol–water partition coefficient (Wildman–Crippen LogP) is 0.732. The number of esters is 1. The maximum Gasteiger partial charge on any atom is 0.492 e. The van der Waals surface area contributed by atoms with Crippen LogP contribution in [0, 0.1) is 0 Å². The van der Waals surface area contributed by atoms with Crippen LogP contribution < -0.4 is 10.2 Å². The maximum atomic E-state index is 11.5. The van der Waals surface area contributed by atoms with Crippen molar-refractivity contribution in [2.75, 3.05) is 7.11 Å². The van der Waals surface area contributed by atoms with Gasteiger partial charge in [-0.05, 0) is 23.8 Å². The van der Waals surface area contributed by atoms with E-state index in [0.29, 0.717) is 5.75 Å². The molecule has 0 aliphatic rings. The molecule has 0 aliphatic carbocycles. The van der Waals surface area contributed by atoms with Gasteiger partial charge < -0.3 is 19.5 Å². The van der Waals surface area contributed by atoms with Gasteiger partial charge in [0, 0.05) is 5.46 Å². The van der Waals surface area contributed by atoms with Crippen molar-refractivity contribution >= 4 is 18.6 Å². The molecule has 21 heavy (non-hydrogen) atoms. The fourth-order valence-corrected chi connectivity index (χ4v) is 1.86. The molecule has 6 heteroatoms. The van der Waals surface area contributed by atoms with E-state index in [1.807, 2.05) is 30.3 Å². The second-order valence-corrected chi connectivity index (χ2v) is 4.39. The Morgan fingerprint density at radius 1 is 1.14 bits per heavy atom. The molecule has 5 nitrogen and oxygen atoms in total. The van der Waals surface area contributed by atoms with E-state index in [9.17, 15) is 14.8 Å². The zero-order valence-electron chi connectivity index (χ0n) is 11.5. The number of carbonyl (C=O) groups excluding carboxylic acids is 1. The number of methoxy groups -OCH3 is 1. The van der Waals surface area contributed by atoms with E-state index in [1.54, 1.807) is 0 Å². The molecule has 0 amide bonds. The van der Waals surface area contributed by atoms with Crippen molar-refractivity contribution in [2.45, 2.75) is 6.61 Å². The van der Waals surface area contributed by atoms with Gasteiger partial charge in [0.25, 0.3) is 0 Å². The van der Waals surface area contributed by atoms with Gasteiger partial charge in [0.2, 0.25) is 0 Å². The summed E-state index contributed by atoms with van der Waals surface area (Å²) >= 11 is 0. The molecule has 2 aromatic rings. The van der Waals surface area contributed by atoms with Crippen molar-refractivity contribution < 1.29 is 24.3 Å². The first-order chi connectivity index (χ1) is 10.1. The second kappa shape index (κ2) is 6.92. The van der Waals surface area contributed by atoms with E-state index in [0.717, 1.165) is 5.56 Å². The van der Waals surface area contributed by atoms with E-state index in [2.05, 4.69) is 4.74 Å². The molecule has 2 aromatic carbocycles. The lowest BCUT2D eigenvalue weighted by Gasteiger charge is -2.12. The Bertz CT molecular complexity index is 613. The van der Waals surface area contributed by atoms with Crippen molar-refractivity contribution in [3.63, 3.8) is 0 Å². The highest BCUT2D eigenvalue weighted by molar-refractivity contribution is 6.59. The van der Waals surface area contributed by atoms with Gasteiger partial charge in [-0.2, -0.15) is 0 Å². The first-order valence-electron chi connectivity index (χ1n) is 6.37. The molecule has 2 rings (SSSR count). The van der Waals surface area contributed by atoms with E-state index >= 15 is 0 Å². The highest BCUT2D eigenvalue weighted by Crippen LogP contribution is 2.13. The lowest BCUT2D eigenvalue weighted by molar-refractivity contribution is 0.0601. The molecule has 0 saturated carbocycles. The first kappa shape index (κ1) is 15.1. The van der Waals surface area contributed by atoms with Crippen LogP contribution in [0.5, 0.6) is 5.75 Å². The van der Waals surface area contributed by atoms with Crippen LogP contribution in [0.25, 0.3) is 0 Å². The number of benzene rings is 2. The molecule has 0 heterocycles. The van der Waals surface area contributed by atoms with Gasteiger partial charge in [-0.25, -0.2) is 4.79 Å². The largest absolute Gasteiger partial charge is 0.492 e. The fourth-order valence-electron chi connectivity index (χ4n) is 1.86. The molecule has 0 spiro atoms. The zero-order chi connectivity index (χ0) is 15.2. The number of hydrogen-bond acceptors (Lipinski definition) is 5. The summed E-state index contributed by atoms with van der Waals surface area (Å²) in [7, 11) is -0.475. The standard InChI is InChI=1S/C15H15BO5/c1-20-15(17)12-7-8-14(13(9-12)16(18)19)21-10-11-5-3-2-4-6-11/h2-9,18-19H,10H2,1H3. The van der Waals surface area contributed by atoms with Crippen LogP contribution in [-0.2, 0) is 11.3 Å². The van der Waals surface area contributed by atoms with Crippen LogP contribution in [0.2, 0.25) is 0 Å². The SMILES string of the molecule is COC(=O)c1ccc(OCc2ccccc2)c(B(O)O)c1. The second-order valence-electron chi connectivity index (χ2n) is 4.39. The molecule has 0 unspecified atom stereocenters. The first-order valence-corrected chi connectivity index (χ1v) is 6.37. The molecule has 0 atom stereocenters. The average Bonchev–Trinajstić information content (AvgIpc) is 2.52. The van der Waals surface area contributed by atoms with Crippen LogP contribution in [0.4, 0.5) is 0 Å². The van der Waals surface area contributed by atoms with E-state index < -0.39 is 13.1 Å². The number of rotatable bonds is 5. The summed E-state index contributed by atoms with van der Waals surface area (Å²) < 4.78 is 10.2. The minimum Gasteiger partial charge on any atom is -0.489 e. The smallest absolute Gasteiger partial charge is 0.489 e. The van der Waals surface area contributed by atoms with Crippen LogP contribution >= 0.6 is 0 Å². The molecule has 2 N–H and O–H groups in total. The van der Waals surface area contributed by atoms with Gasteiger partial charge in [-0.15, -0.1) is 0 Å². The molecular weight excluding hydrogens is 271 g/mol. The Balaban J connectivity index is 2.20. The predicted molar refractivity (Wildman–Crippen MR) is 78.4 cm³/mol. The highest BCUT2D eigenvalue weighted by Gasteiger charge is 2.20. The molecule has 0 radical (unpaired) electrons. The third-order valence-corrected chi connectivity index (χ3v) is 2.95. The number of ether oxygens (including phenoxy) is 2.